The summed E-state index contributed by atoms with van der Waals surface area (Å²) in [6.07, 6.45) is 3.45. The predicted octanol–water partition coefficient (Wildman–Crippen LogP) is 0.826. The van der Waals surface area contributed by atoms with Gasteiger partial charge in [-0.05, 0) is 39.2 Å². The monoisotopic (exact) mass is 249 g/mol. The van der Waals surface area contributed by atoms with Crippen molar-refractivity contribution in [2.75, 3.05) is 32.6 Å². The van der Waals surface area contributed by atoms with Crippen LogP contribution < -0.4 is 5.32 Å². The van der Waals surface area contributed by atoms with Gasteiger partial charge in [-0.25, -0.2) is 8.42 Å². The molecule has 1 aliphatic rings. The average Bonchev–Trinajstić information content (AvgIpc) is 2.17. The maximum Gasteiger partial charge on any atom is 0.153 e. The molecule has 0 bridgehead atoms. The van der Waals surface area contributed by atoms with Crippen LogP contribution in [0.25, 0.3) is 0 Å². The third kappa shape index (κ3) is 4.03. The minimum atomic E-state index is -2.99. The van der Waals surface area contributed by atoms with E-state index in [1.54, 1.807) is 13.8 Å². The molecule has 0 aliphatic carbocycles. The fraction of sp³-hybridized carbons (Fsp3) is 1.00. The molecule has 0 radical (unpaired) electrons. The SMILES string of the molecule is CC(C)(CNCC1CCOCC1)S(C)(=O)=O. The zero-order valence-electron chi connectivity index (χ0n) is 10.5. The average molecular weight is 249 g/mol. The molecular weight excluding hydrogens is 226 g/mol. The standard InChI is InChI=1S/C11H23NO3S/c1-11(2,16(3,13)14)9-12-8-10-4-6-15-7-5-10/h10,12H,4-9H2,1-3H3. The van der Waals surface area contributed by atoms with Gasteiger partial charge in [-0.2, -0.15) is 0 Å². The highest BCUT2D eigenvalue weighted by Crippen LogP contribution is 2.16. The summed E-state index contributed by atoms with van der Waals surface area (Å²) in [5.74, 6) is 0.629. The minimum absolute atomic E-state index is 0.517. The first-order valence-electron chi connectivity index (χ1n) is 5.81. The first-order chi connectivity index (χ1) is 7.33. The molecule has 0 amide bonds. The highest BCUT2D eigenvalue weighted by molar-refractivity contribution is 7.92. The van der Waals surface area contributed by atoms with Gasteiger partial charge in [0.2, 0.25) is 0 Å². The Labute approximate surface area is 98.7 Å². The van der Waals surface area contributed by atoms with E-state index in [0.29, 0.717) is 12.5 Å². The van der Waals surface area contributed by atoms with E-state index in [-0.39, 0.29) is 0 Å². The molecule has 0 saturated carbocycles. The van der Waals surface area contributed by atoms with Crippen molar-refractivity contribution in [3.8, 4) is 0 Å². The summed E-state index contributed by atoms with van der Waals surface area (Å²) in [6.45, 7) is 6.60. The van der Waals surface area contributed by atoms with E-state index in [0.717, 1.165) is 32.6 Å². The lowest BCUT2D eigenvalue weighted by Crippen LogP contribution is -2.43. The normalized spacial score (nSPS) is 19.9. The number of rotatable bonds is 5. The van der Waals surface area contributed by atoms with Crippen LogP contribution in [-0.2, 0) is 14.6 Å². The Morgan fingerprint density at radius 3 is 2.38 bits per heavy atom. The van der Waals surface area contributed by atoms with E-state index in [1.807, 2.05) is 0 Å². The molecule has 5 heteroatoms. The van der Waals surface area contributed by atoms with Crippen molar-refractivity contribution in [3.63, 3.8) is 0 Å². The largest absolute Gasteiger partial charge is 0.381 e. The van der Waals surface area contributed by atoms with E-state index < -0.39 is 14.6 Å². The summed E-state index contributed by atoms with van der Waals surface area (Å²) >= 11 is 0. The van der Waals surface area contributed by atoms with Gasteiger partial charge in [0.15, 0.2) is 9.84 Å². The highest BCUT2D eigenvalue weighted by atomic mass is 32.2. The summed E-state index contributed by atoms with van der Waals surface area (Å²) in [5.41, 5.74) is 0. The van der Waals surface area contributed by atoms with Gasteiger partial charge in [0.1, 0.15) is 0 Å². The van der Waals surface area contributed by atoms with Crippen LogP contribution in [0, 0.1) is 5.92 Å². The lowest BCUT2D eigenvalue weighted by molar-refractivity contribution is 0.0662. The van der Waals surface area contributed by atoms with Gasteiger partial charge in [-0.15, -0.1) is 0 Å². The van der Waals surface area contributed by atoms with Crippen LogP contribution in [0.4, 0.5) is 0 Å². The molecule has 0 aromatic carbocycles. The first-order valence-corrected chi connectivity index (χ1v) is 7.70. The quantitative estimate of drug-likeness (QED) is 0.784. The van der Waals surface area contributed by atoms with Crippen molar-refractivity contribution in [2.45, 2.75) is 31.4 Å². The summed E-state index contributed by atoms with van der Waals surface area (Å²) in [5, 5.41) is 3.27. The Morgan fingerprint density at radius 2 is 1.88 bits per heavy atom. The number of hydrogen-bond donors (Lipinski definition) is 1. The van der Waals surface area contributed by atoms with Crippen LogP contribution in [0.3, 0.4) is 0 Å². The Balaban J connectivity index is 2.29. The van der Waals surface area contributed by atoms with E-state index in [1.165, 1.54) is 6.26 Å². The lowest BCUT2D eigenvalue weighted by atomic mass is 10.0. The second-order valence-electron chi connectivity index (χ2n) is 5.22. The third-order valence-corrected chi connectivity index (χ3v) is 5.48. The second kappa shape index (κ2) is 5.47. The van der Waals surface area contributed by atoms with Crippen molar-refractivity contribution in [1.29, 1.82) is 0 Å². The highest BCUT2D eigenvalue weighted by Gasteiger charge is 2.29. The molecule has 1 N–H and O–H groups in total. The van der Waals surface area contributed by atoms with Gasteiger partial charge < -0.3 is 10.1 Å². The van der Waals surface area contributed by atoms with Crippen molar-refractivity contribution < 1.29 is 13.2 Å². The fourth-order valence-corrected chi connectivity index (χ4v) is 2.02. The summed E-state index contributed by atoms with van der Waals surface area (Å²) in [7, 11) is -2.99. The Hall–Kier alpha value is -0.130. The van der Waals surface area contributed by atoms with Crippen LogP contribution in [0.1, 0.15) is 26.7 Å². The maximum atomic E-state index is 11.5. The molecule has 1 fully saturated rings. The lowest BCUT2D eigenvalue weighted by Gasteiger charge is -2.26. The number of sulfone groups is 1. The molecule has 0 atom stereocenters. The van der Waals surface area contributed by atoms with E-state index >= 15 is 0 Å². The molecule has 0 aromatic heterocycles. The van der Waals surface area contributed by atoms with Gasteiger partial charge >= 0.3 is 0 Å². The van der Waals surface area contributed by atoms with Crippen molar-refractivity contribution in [1.82, 2.24) is 5.32 Å². The number of hydrogen-bond acceptors (Lipinski definition) is 4. The molecule has 0 spiro atoms. The van der Waals surface area contributed by atoms with Gasteiger partial charge in [-0.3, -0.25) is 0 Å². The molecule has 96 valence electrons. The molecule has 1 aliphatic heterocycles. The summed E-state index contributed by atoms with van der Waals surface area (Å²) in [4.78, 5) is 0. The van der Waals surface area contributed by atoms with Crippen LogP contribution in [-0.4, -0.2) is 45.7 Å². The third-order valence-electron chi connectivity index (χ3n) is 3.33. The maximum absolute atomic E-state index is 11.5. The van der Waals surface area contributed by atoms with Crippen LogP contribution in [0.2, 0.25) is 0 Å². The fourth-order valence-electron chi connectivity index (χ4n) is 1.66. The molecule has 1 saturated heterocycles. The Bertz CT molecular complexity index is 305. The molecule has 0 unspecified atom stereocenters. The topological polar surface area (TPSA) is 55.4 Å². The first kappa shape index (κ1) is 13.9. The summed E-state index contributed by atoms with van der Waals surface area (Å²) < 4.78 is 27.5. The Morgan fingerprint density at radius 1 is 1.31 bits per heavy atom. The Kier molecular flexibility index (Phi) is 4.76. The van der Waals surface area contributed by atoms with Gasteiger partial charge in [-0.1, -0.05) is 0 Å². The van der Waals surface area contributed by atoms with Crippen molar-refractivity contribution >= 4 is 9.84 Å². The van der Waals surface area contributed by atoms with Crippen LogP contribution in [0.15, 0.2) is 0 Å². The predicted molar refractivity (Wildman–Crippen MR) is 65.3 cm³/mol. The molecular formula is C11H23NO3S. The van der Waals surface area contributed by atoms with E-state index in [9.17, 15) is 8.42 Å². The van der Waals surface area contributed by atoms with E-state index in [2.05, 4.69) is 5.32 Å². The van der Waals surface area contributed by atoms with Crippen molar-refractivity contribution in [2.24, 2.45) is 5.92 Å². The zero-order valence-corrected chi connectivity index (χ0v) is 11.3. The molecule has 4 nitrogen and oxygen atoms in total. The van der Waals surface area contributed by atoms with Gasteiger partial charge in [0, 0.05) is 26.0 Å². The van der Waals surface area contributed by atoms with Gasteiger partial charge in [0.05, 0.1) is 4.75 Å². The molecule has 0 aromatic rings. The smallest absolute Gasteiger partial charge is 0.153 e. The van der Waals surface area contributed by atoms with Crippen molar-refractivity contribution in [3.05, 3.63) is 0 Å². The molecule has 16 heavy (non-hydrogen) atoms. The minimum Gasteiger partial charge on any atom is -0.381 e. The van der Waals surface area contributed by atoms with Crippen LogP contribution >= 0.6 is 0 Å². The zero-order chi connectivity index (χ0) is 12.2. The summed E-state index contributed by atoms with van der Waals surface area (Å²) in [6, 6.07) is 0. The van der Waals surface area contributed by atoms with Crippen LogP contribution in [0.5, 0.6) is 0 Å². The number of nitrogens with one attached hydrogen (secondary N) is 1. The second-order valence-corrected chi connectivity index (χ2v) is 7.87. The molecule has 1 rings (SSSR count). The molecule has 1 heterocycles. The van der Waals surface area contributed by atoms with Gasteiger partial charge in [0.25, 0.3) is 0 Å². The van der Waals surface area contributed by atoms with E-state index in [4.69, 9.17) is 4.74 Å². The number of ether oxygens (including phenoxy) is 1.